The third-order valence-electron chi connectivity index (χ3n) is 2.69. The van der Waals surface area contributed by atoms with Gasteiger partial charge in [-0.15, -0.1) is 0 Å². The fraction of sp³-hybridized carbons (Fsp3) is 0.231. The SMILES string of the molecule is Cc1ccc2cccc(CCN=NN)c2c1. The number of hydrogen-bond donors (Lipinski definition) is 1. The second-order valence-corrected chi connectivity index (χ2v) is 3.87. The predicted octanol–water partition coefficient (Wildman–Crippen LogP) is 3.02. The van der Waals surface area contributed by atoms with Gasteiger partial charge in [-0.3, -0.25) is 0 Å². The van der Waals surface area contributed by atoms with Gasteiger partial charge in [0.2, 0.25) is 0 Å². The summed E-state index contributed by atoms with van der Waals surface area (Å²) in [6, 6.07) is 12.8. The average molecular weight is 213 g/mol. The summed E-state index contributed by atoms with van der Waals surface area (Å²) in [6.45, 7) is 2.75. The van der Waals surface area contributed by atoms with Gasteiger partial charge in [-0.2, -0.15) is 5.11 Å². The Kier molecular flexibility index (Phi) is 3.15. The van der Waals surface area contributed by atoms with Gasteiger partial charge in [0.1, 0.15) is 0 Å². The maximum Gasteiger partial charge on any atom is 0.0660 e. The molecule has 2 aromatic rings. The van der Waals surface area contributed by atoms with E-state index < -0.39 is 0 Å². The van der Waals surface area contributed by atoms with Crippen molar-refractivity contribution < 1.29 is 0 Å². The molecule has 0 aliphatic rings. The Balaban J connectivity index is 2.39. The number of hydrogen-bond acceptors (Lipinski definition) is 2. The quantitative estimate of drug-likeness (QED) is 0.475. The number of benzene rings is 2. The summed E-state index contributed by atoms with van der Waals surface area (Å²) < 4.78 is 0. The monoisotopic (exact) mass is 213 g/mol. The van der Waals surface area contributed by atoms with Crippen LogP contribution in [0.5, 0.6) is 0 Å². The molecule has 0 bridgehead atoms. The first kappa shape index (κ1) is 10.6. The van der Waals surface area contributed by atoms with Gasteiger partial charge in [0, 0.05) is 0 Å². The molecule has 3 heteroatoms. The van der Waals surface area contributed by atoms with Gasteiger partial charge in [0.15, 0.2) is 0 Å². The minimum absolute atomic E-state index is 0.642. The Morgan fingerprint density at radius 3 is 2.88 bits per heavy atom. The van der Waals surface area contributed by atoms with Crippen molar-refractivity contribution in [2.24, 2.45) is 16.2 Å². The zero-order valence-electron chi connectivity index (χ0n) is 9.35. The summed E-state index contributed by atoms with van der Waals surface area (Å²) in [6.07, 6.45) is 0.876. The third-order valence-corrected chi connectivity index (χ3v) is 2.69. The lowest BCUT2D eigenvalue weighted by Crippen LogP contribution is -1.92. The number of fused-ring (bicyclic) bond motifs is 1. The van der Waals surface area contributed by atoms with E-state index in [1.165, 1.54) is 21.9 Å². The van der Waals surface area contributed by atoms with Crippen molar-refractivity contribution in [1.29, 1.82) is 0 Å². The van der Waals surface area contributed by atoms with E-state index in [1.807, 2.05) is 0 Å². The van der Waals surface area contributed by atoms with Gasteiger partial charge in [0.05, 0.1) is 6.54 Å². The molecular formula is C13H15N3. The van der Waals surface area contributed by atoms with E-state index in [0.717, 1.165) is 6.42 Å². The van der Waals surface area contributed by atoms with Crippen LogP contribution >= 0.6 is 0 Å². The molecule has 0 saturated heterocycles. The van der Waals surface area contributed by atoms with Crippen LogP contribution in [-0.4, -0.2) is 6.54 Å². The molecular weight excluding hydrogens is 198 g/mol. The second-order valence-electron chi connectivity index (χ2n) is 3.87. The maximum absolute atomic E-state index is 4.99. The van der Waals surface area contributed by atoms with E-state index in [0.29, 0.717) is 6.54 Å². The zero-order chi connectivity index (χ0) is 11.4. The molecule has 0 unspecified atom stereocenters. The van der Waals surface area contributed by atoms with Crippen molar-refractivity contribution in [2.75, 3.05) is 6.54 Å². The van der Waals surface area contributed by atoms with Gasteiger partial charge in [0.25, 0.3) is 0 Å². The molecule has 16 heavy (non-hydrogen) atoms. The van der Waals surface area contributed by atoms with Gasteiger partial charge >= 0.3 is 0 Å². The summed E-state index contributed by atoms with van der Waals surface area (Å²) >= 11 is 0. The Morgan fingerprint density at radius 1 is 1.19 bits per heavy atom. The van der Waals surface area contributed by atoms with E-state index in [2.05, 4.69) is 53.7 Å². The maximum atomic E-state index is 4.99. The number of nitrogens with two attached hydrogens (primary N) is 1. The first-order valence-corrected chi connectivity index (χ1v) is 5.36. The first-order chi connectivity index (χ1) is 7.81. The standard InChI is InChI=1S/C13H15N3/c1-10-5-6-11-3-2-4-12(13(11)9-10)7-8-15-16-14/h2-6,9H,7-8H2,1H3,(H2,14,15). The van der Waals surface area contributed by atoms with Crippen LogP contribution in [0.3, 0.4) is 0 Å². The van der Waals surface area contributed by atoms with E-state index in [-0.39, 0.29) is 0 Å². The fourth-order valence-electron chi connectivity index (χ4n) is 1.90. The van der Waals surface area contributed by atoms with E-state index in [4.69, 9.17) is 5.84 Å². The molecule has 0 aliphatic carbocycles. The summed E-state index contributed by atoms with van der Waals surface area (Å²) in [4.78, 5) is 0. The van der Waals surface area contributed by atoms with Crippen molar-refractivity contribution in [1.82, 2.24) is 0 Å². The highest BCUT2D eigenvalue weighted by molar-refractivity contribution is 5.86. The largest absolute Gasteiger partial charge is 0.305 e. The van der Waals surface area contributed by atoms with Crippen LogP contribution in [0.15, 0.2) is 46.7 Å². The molecule has 0 atom stereocenters. The third kappa shape index (κ3) is 2.19. The highest BCUT2D eigenvalue weighted by atomic mass is 15.3. The molecule has 2 N–H and O–H groups in total. The molecule has 0 radical (unpaired) electrons. The van der Waals surface area contributed by atoms with Crippen molar-refractivity contribution in [3.63, 3.8) is 0 Å². The van der Waals surface area contributed by atoms with Gasteiger partial charge in [-0.05, 0) is 29.7 Å². The predicted molar refractivity (Wildman–Crippen MR) is 66.3 cm³/mol. The van der Waals surface area contributed by atoms with Crippen LogP contribution in [0.25, 0.3) is 10.8 Å². The van der Waals surface area contributed by atoms with Crippen LogP contribution in [0.4, 0.5) is 0 Å². The number of aryl methyl sites for hydroxylation is 1. The van der Waals surface area contributed by atoms with Crippen LogP contribution in [-0.2, 0) is 6.42 Å². The zero-order valence-corrected chi connectivity index (χ0v) is 9.35. The van der Waals surface area contributed by atoms with Crippen LogP contribution < -0.4 is 5.84 Å². The summed E-state index contributed by atoms with van der Waals surface area (Å²) in [7, 11) is 0. The van der Waals surface area contributed by atoms with Crippen molar-refractivity contribution in [3.8, 4) is 0 Å². The minimum Gasteiger partial charge on any atom is -0.305 e. The Bertz CT molecular complexity index is 518. The molecule has 2 rings (SSSR count). The van der Waals surface area contributed by atoms with E-state index >= 15 is 0 Å². The minimum atomic E-state index is 0.642. The lowest BCUT2D eigenvalue weighted by Gasteiger charge is -2.05. The molecule has 0 aromatic heterocycles. The molecule has 2 aromatic carbocycles. The molecule has 0 spiro atoms. The Hall–Kier alpha value is -1.90. The molecule has 0 aliphatic heterocycles. The van der Waals surface area contributed by atoms with Gasteiger partial charge < -0.3 is 5.84 Å². The smallest absolute Gasteiger partial charge is 0.0660 e. The van der Waals surface area contributed by atoms with Crippen LogP contribution in [0, 0.1) is 6.92 Å². The molecule has 3 nitrogen and oxygen atoms in total. The summed E-state index contributed by atoms with van der Waals surface area (Å²) in [5, 5.41) is 9.64. The molecule has 0 saturated carbocycles. The lowest BCUT2D eigenvalue weighted by molar-refractivity contribution is 0.863. The lowest BCUT2D eigenvalue weighted by atomic mass is 10.0. The number of nitrogens with zero attached hydrogens (tertiary/aromatic N) is 2. The molecule has 82 valence electrons. The molecule has 0 amide bonds. The summed E-state index contributed by atoms with van der Waals surface area (Å²) in [5.41, 5.74) is 2.58. The van der Waals surface area contributed by atoms with Crippen molar-refractivity contribution in [3.05, 3.63) is 47.5 Å². The van der Waals surface area contributed by atoms with Gasteiger partial charge in [-0.25, -0.2) is 0 Å². The topological polar surface area (TPSA) is 50.7 Å². The Morgan fingerprint density at radius 2 is 2.06 bits per heavy atom. The molecule has 0 fully saturated rings. The summed E-state index contributed by atoms with van der Waals surface area (Å²) in [5.74, 6) is 4.99. The molecule has 0 heterocycles. The average Bonchev–Trinajstić information content (AvgIpc) is 2.30. The number of rotatable bonds is 3. The second kappa shape index (κ2) is 4.75. The van der Waals surface area contributed by atoms with Crippen LogP contribution in [0.1, 0.15) is 11.1 Å². The highest BCUT2D eigenvalue weighted by Gasteiger charge is 2.00. The van der Waals surface area contributed by atoms with Crippen molar-refractivity contribution in [2.45, 2.75) is 13.3 Å². The Labute approximate surface area is 95.0 Å². The fourth-order valence-corrected chi connectivity index (χ4v) is 1.90. The highest BCUT2D eigenvalue weighted by Crippen LogP contribution is 2.20. The first-order valence-electron chi connectivity index (χ1n) is 5.36. The van der Waals surface area contributed by atoms with Crippen molar-refractivity contribution >= 4 is 10.8 Å². The van der Waals surface area contributed by atoms with Gasteiger partial charge in [-0.1, -0.05) is 47.2 Å². The van der Waals surface area contributed by atoms with Crippen LogP contribution in [0.2, 0.25) is 0 Å². The normalized spacial score (nSPS) is 11.3. The van der Waals surface area contributed by atoms with E-state index in [1.54, 1.807) is 0 Å². The van der Waals surface area contributed by atoms with E-state index in [9.17, 15) is 0 Å².